The van der Waals surface area contributed by atoms with Crippen molar-refractivity contribution >= 4 is 11.9 Å². The van der Waals surface area contributed by atoms with Gasteiger partial charge in [0.1, 0.15) is 0 Å². The zero-order chi connectivity index (χ0) is 58.6. The number of rotatable bonds is 66. The molecule has 3 atom stereocenters. The molecule has 0 saturated carbocycles. The number of ether oxygens (including phenoxy) is 3. The third kappa shape index (κ3) is 57.1. The molecule has 0 saturated heterocycles. The van der Waals surface area contributed by atoms with Crippen LogP contribution in [-0.2, 0) is 23.8 Å². The van der Waals surface area contributed by atoms with Crippen LogP contribution in [-0.4, -0.2) is 160 Å². The number of likely N-dealkylation sites (N-methyl/N-ethyl adjacent to an activating group) is 2. The number of hydrogen-bond acceptors (Lipinski definition) is 11. The second-order valence-corrected chi connectivity index (χ2v) is 24.9. The highest BCUT2D eigenvalue weighted by Gasteiger charge is 2.18. The van der Waals surface area contributed by atoms with Crippen LogP contribution in [0.2, 0.25) is 0 Å². The number of esters is 2. The Hall–Kier alpha value is -1.34. The van der Waals surface area contributed by atoms with Crippen molar-refractivity contribution in [2.45, 2.75) is 335 Å². The SMILES string of the molecule is CCCCCCCCCCCCCCN(CCN(C)CCC(=O)OCCCCOC(=O)CCN(C)CCN(CC(O)CCCCCCCCCC)CC(O)CCCCCCCCCCCC)CC(CCCCCCCCCC)OC. The van der Waals surface area contributed by atoms with E-state index in [1.54, 1.807) is 0 Å². The van der Waals surface area contributed by atoms with Crippen molar-refractivity contribution in [1.82, 2.24) is 19.6 Å². The fraction of sp³-hybridized carbons (Fsp3) is 0.971. The standard InChI is InChI=1S/C69H140N4O7/c1-8-12-16-20-24-28-30-31-33-37-41-45-53-72(64-67(78-7)50-44-40-36-27-23-19-15-11-4)58-56-70(5)54-51-68(76)79-60-46-47-61-80-69(77)52-55-71(6)57-59-73(62-65(74)48-42-38-34-26-22-18-14-10-3)63-66(75)49-43-39-35-32-29-25-21-17-13-9-2/h65-67,74-75H,8-64H2,1-7H3. The van der Waals surface area contributed by atoms with Crippen LogP contribution in [0, 0.1) is 0 Å². The highest BCUT2D eigenvalue weighted by Crippen LogP contribution is 2.18. The quantitative estimate of drug-likeness (QED) is 0.0448. The maximum absolute atomic E-state index is 12.7. The lowest BCUT2D eigenvalue weighted by atomic mass is 10.0. The average molecular weight is 1140 g/mol. The fourth-order valence-corrected chi connectivity index (χ4v) is 11.1. The maximum Gasteiger partial charge on any atom is 0.307 e. The second-order valence-electron chi connectivity index (χ2n) is 24.9. The van der Waals surface area contributed by atoms with E-state index >= 15 is 0 Å². The first kappa shape index (κ1) is 78.7. The summed E-state index contributed by atoms with van der Waals surface area (Å²) in [4.78, 5) is 34.7. The summed E-state index contributed by atoms with van der Waals surface area (Å²) < 4.78 is 17.2. The van der Waals surface area contributed by atoms with Crippen molar-refractivity contribution in [3.8, 4) is 0 Å². The van der Waals surface area contributed by atoms with E-state index in [0.29, 0.717) is 65.1 Å². The Morgan fingerprint density at radius 3 is 0.975 bits per heavy atom. The van der Waals surface area contributed by atoms with Gasteiger partial charge < -0.3 is 34.2 Å². The van der Waals surface area contributed by atoms with Crippen LogP contribution >= 0.6 is 0 Å². The summed E-state index contributed by atoms with van der Waals surface area (Å²) in [7, 11) is 6.03. The van der Waals surface area contributed by atoms with Crippen LogP contribution in [0.5, 0.6) is 0 Å². The number of aliphatic hydroxyl groups is 2. The molecule has 80 heavy (non-hydrogen) atoms. The van der Waals surface area contributed by atoms with E-state index < -0.39 is 12.2 Å². The molecule has 11 heteroatoms. The molecule has 0 amide bonds. The van der Waals surface area contributed by atoms with Crippen molar-refractivity contribution in [3.05, 3.63) is 0 Å². The van der Waals surface area contributed by atoms with Crippen LogP contribution < -0.4 is 0 Å². The minimum atomic E-state index is -0.399. The van der Waals surface area contributed by atoms with E-state index in [1.807, 2.05) is 14.2 Å². The lowest BCUT2D eigenvalue weighted by molar-refractivity contribution is -0.146. The predicted molar refractivity (Wildman–Crippen MR) is 343 cm³/mol. The molecule has 0 fully saturated rings. The van der Waals surface area contributed by atoms with Gasteiger partial charge in [0.2, 0.25) is 0 Å². The van der Waals surface area contributed by atoms with Crippen LogP contribution in [0.3, 0.4) is 0 Å². The first-order valence-corrected chi connectivity index (χ1v) is 35.1. The van der Waals surface area contributed by atoms with Crippen molar-refractivity contribution in [2.24, 2.45) is 0 Å². The van der Waals surface area contributed by atoms with Gasteiger partial charge in [0.15, 0.2) is 0 Å². The Labute approximate surface area is 498 Å². The average Bonchev–Trinajstić information content (AvgIpc) is 3.45. The molecule has 2 N–H and O–H groups in total. The maximum atomic E-state index is 12.7. The van der Waals surface area contributed by atoms with Crippen molar-refractivity contribution in [1.29, 1.82) is 0 Å². The summed E-state index contributed by atoms with van der Waals surface area (Å²) in [5.74, 6) is -0.384. The Bertz CT molecular complexity index is 1260. The van der Waals surface area contributed by atoms with E-state index in [-0.39, 0.29) is 18.0 Å². The summed E-state index contributed by atoms with van der Waals surface area (Å²) >= 11 is 0. The van der Waals surface area contributed by atoms with Crippen molar-refractivity contribution < 1.29 is 34.0 Å². The van der Waals surface area contributed by atoms with E-state index in [0.717, 1.165) is 71.4 Å². The minimum absolute atomic E-state index is 0.171. The molecule has 0 rings (SSSR count). The molecule has 0 spiro atoms. The Balaban J connectivity index is 4.68. The zero-order valence-electron chi connectivity index (χ0n) is 54.8. The van der Waals surface area contributed by atoms with Gasteiger partial charge in [-0.25, -0.2) is 0 Å². The number of methoxy groups -OCH3 is 1. The minimum Gasteiger partial charge on any atom is -0.466 e. The first-order chi connectivity index (χ1) is 39.1. The number of aliphatic hydroxyl groups excluding tert-OH is 2. The molecular weight excluding hydrogens is 997 g/mol. The summed E-state index contributed by atoms with van der Waals surface area (Å²) in [6.07, 6.45) is 54.0. The number of nitrogens with zero attached hydrogens (tertiary/aromatic N) is 4. The molecular formula is C69H140N4O7. The molecule has 0 radical (unpaired) electrons. The van der Waals surface area contributed by atoms with Gasteiger partial charge in [0, 0.05) is 66.0 Å². The molecule has 0 bridgehead atoms. The molecule has 3 unspecified atom stereocenters. The smallest absolute Gasteiger partial charge is 0.307 e. The molecule has 0 aromatic carbocycles. The van der Waals surface area contributed by atoms with Crippen molar-refractivity contribution in [2.75, 3.05) is 99.9 Å². The Morgan fingerprint density at radius 1 is 0.338 bits per heavy atom. The number of hydrogen-bond donors (Lipinski definition) is 2. The molecule has 0 aromatic rings. The summed E-state index contributed by atoms with van der Waals surface area (Å²) in [6.45, 7) is 17.6. The third-order valence-electron chi connectivity index (χ3n) is 16.8. The van der Waals surface area contributed by atoms with Gasteiger partial charge in [-0.15, -0.1) is 0 Å². The fourth-order valence-electron chi connectivity index (χ4n) is 11.1. The van der Waals surface area contributed by atoms with Crippen LogP contribution in [0.4, 0.5) is 0 Å². The van der Waals surface area contributed by atoms with Crippen LogP contribution in [0.25, 0.3) is 0 Å². The normalized spacial score (nSPS) is 13.1. The lowest BCUT2D eigenvalue weighted by Gasteiger charge is -2.29. The van der Waals surface area contributed by atoms with Gasteiger partial charge in [0.25, 0.3) is 0 Å². The van der Waals surface area contributed by atoms with Gasteiger partial charge in [0.05, 0.1) is 44.4 Å². The van der Waals surface area contributed by atoms with E-state index in [9.17, 15) is 19.8 Å². The molecule has 11 nitrogen and oxygen atoms in total. The number of carbonyl (C=O) groups is 2. The van der Waals surface area contributed by atoms with E-state index in [4.69, 9.17) is 14.2 Å². The highest BCUT2D eigenvalue weighted by atomic mass is 16.5. The Morgan fingerprint density at radius 2 is 0.637 bits per heavy atom. The first-order valence-electron chi connectivity index (χ1n) is 35.1. The van der Waals surface area contributed by atoms with Gasteiger partial charge in [-0.05, 0) is 59.2 Å². The van der Waals surface area contributed by atoms with Crippen LogP contribution in [0.15, 0.2) is 0 Å². The van der Waals surface area contributed by atoms with Crippen molar-refractivity contribution in [3.63, 3.8) is 0 Å². The molecule has 0 aromatic heterocycles. The summed E-state index contributed by atoms with van der Waals surface area (Å²) in [6, 6.07) is 0. The van der Waals surface area contributed by atoms with Gasteiger partial charge in [-0.3, -0.25) is 19.4 Å². The molecule has 0 aliphatic rings. The van der Waals surface area contributed by atoms with Gasteiger partial charge in [-0.2, -0.15) is 0 Å². The molecule has 0 heterocycles. The molecule has 0 aliphatic heterocycles. The third-order valence-corrected chi connectivity index (χ3v) is 16.8. The van der Waals surface area contributed by atoms with Crippen LogP contribution in [0.1, 0.15) is 317 Å². The van der Waals surface area contributed by atoms with E-state index in [2.05, 4.69) is 54.3 Å². The lowest BCUT2D eigenvalue weighted by Crippen LogP contribution is -2.42. The van der Waals surface area contributed by atoms with E-state index in [1.165, 1.54) is 231 Å². The topological polar surface area (TPSA) is 115 Å². The molecule has 478 valence electrons. The summed E-state index contributed by atoms with van der Waals surface area (Å²) in [5.41, 5.74) is 0. The Kier molecular flexibility index (Phi) is 61.2. The number of carbonyl (C=O) groups excluding carboxylic acids is 2. The highest BCUT2D eigenvalue weighted by molar-refractivity contribution is 5.69. The monoisotopic (exact) mass is 1140 g/mol. The largest absolute Gasteiger partial charge is 0.466 e. The summed E-state index contributed by atoms with van der Waals surface area (Å²) in [5, 5.41) is 22.1. The predicted octanol–water partition coefficient (Wildman–Crippen LogP) is 16.9. The van der Waals surface area contributed by atoms with Gasteiger partial charge >= 0.3 is 11.9 Å². The van der Waals surface area contributed by atoms with Gasteiger partial charge in [-0.1, -0.05) is 265 Å². The number of unbranched alkanes of at least 4 members (excludes halogenated alkanes) is 35. The zero-order valence-corrected chi connectivity index (χ0v) is 54.8. The molecule has 0 aliphatic carbocycles. The second kappa shape index (κ2) is 62.2.